The van der Waals surface area contributed by atoms with E-state index in [0.717, 1.165) is 18.2 Å². The molecule has 1 aliphatic heterocycles. The highest BCUT2D eigenvalue weighted by molar-refractivity contribution is 8.76. The van der Waals surface area contributed by atoms with Gasteiger partial charge in [0.1, 0.15) is 0 Å². The molecule has 0 aliphatic carbocycles. The van der Waals surface area contributed by atoms with Crippen LogP contribution in [0.4, 0.5) is 11.4 Å². The lowest BCUT2D eigenvalue weighted by Gasteiger charge is -2.15. The summed E-state index contributed by atoms with van der Waals surface area (Å²) >= 11 is 0. The molecule has 2 N–H and O–H groups in total. The molecule has 0 radical (unpaired) electrons. The Morgan fingerprint density at radius 1 is 1.25 bits per heavy atom. The summed E-state index contributed by atoms with van der Waals surface area (Å²) in [6, 6.07) is 3.64. The molecule has 1 aliphatic rings. The molecule has 0 bridgehead atoms. The van der Waals surface area contributed by atoms with Crippen molar-refractivity contribution in [2.75, 3.05) is 25.5 Å². The number of nitro benzene ring substituents is 2. The summed E-state index contributed by atoms with van der Waals surface area (Å²) in [4.78, 5) is 20.7. The van der Waals surface area contributed by atoms with Crippen LogP contribution in [0.5, 0.6) is 0 Å². The molecule has 1 saturated heterocycles. The van der Waals surface area contributed by atoms with Crippen LogP contribution in [-0.2, 0) is 9.47 Å². The van der Waals surface area contributed by atoms with Gasteiger partial charge in [-0.25, -0.2) is 0 Å². The van der Waals surface area contributed by atoms with Gasteiger partial charge >= 0.3 is 0 Å². The Kier molecular flexibility index (Phi) is 7.24. The molecule has 132 valence electrons. The number of hydrogen-bond acceptors (Lipinski definition) is 9. The Morgan fingerprint density at radius 3 is 2.54 bits per heavy atom. The average molecular weight is 375 g/mol. The molecule has 9 nitrogen and oxygen atoms in total. The van der Waals surface area contributed by atoms with E-state index in [2.05, 4.69) is 0 Å². The SMILES string of the molecule is NCC(SSCCC1OCCO1)c1ccc([N+](=O)[O-])cc1[N+](=O)[O-]. The van der Waals surface area contributed by atoms with E-state index in [1.807, 2.05) is 0 Å². The molecular formula is C13H17N3O6S2. The van der Waals surface area contributed by atoms with E-state index in [0.29, 0.717) is 18.8 Å². The van der Waals surface area contributed by atoms with Crippen molar-refractivity contribution >= 4 is 33.0 Å². The summed E-state index contributed by atoms with van der Waals surface area (Å²) in [6.07, 6.45) is 0.528. The minimum Gasteiger partial charge on any atom is -0.350 e. The van der Waals surface area contributed by atoms with Crippen molar-refractivity contribution in [3.63, 3.8) is 0 Å². The van der Waals surface area contributed by atoms with E-state index in [1.54, 1.807) is 0 Å². The predicted octanol–water partition coefficient (Wildman–Crippen LogP) is 2.65. The number of nitrogens with two attached hydrogens (primary N) is 1. The molecule has 1 fully saturated rings. The first-order valence-electron chi connectivity index (χ1n) is 7.17. The zero-order valence-corrected chi connectivity index (χ0v) is 14.3. The highest BCUT2D eigenvalue weighted by atomic mass is 33.1. The van der Waals surface area contributed by atoms with Crippen molar-refractivity contribution in [2.45, 2.75) is 18.0 Å². The zero-order valence-electron chi connectivity index (χ0n) is 12.7. The molecule has 24 heavy (non-hydrogen) atoms. The maximum atomic E-state index is 11.2. The van der Waals surface area contributed by atoms with Crippen LogP contribution >= 0.6 is 21.6 Å². The molecule has 1 aromatic rings. The second-order valence-electron chi connectivity index (χ2n) is 4.86. The van der Waals surface area contributed by atoms with Gasteiger partial charge in [0.2, 0.25) is 0 Å². The largest absolute Gasteiger partial charge is 0.350 e. The van der Waals surface area contributed by atoms with Crippen molar-refractivity contribution < 1.29 is 19.3 Å². The summed E-state index contributed by atoms with van der Waals surface area (Å²) in [5.41, 5.74) is 5.53. The first-order valence-corrected chi connectivity index (χ1v) is 9.55. The summed E-state index contributed by atoms with van der Waals surface area (Å²) in [5.74, 6) is 0.743. The molecule has 1 heterocycles. The van der Waals surface area contributed by atoms with Crippen molar-refractivity contribution in [2.24, 2.45) is 5.73 Å². The van der Waals surface area contributed by atoms with Gasteiger partial charge in [-0.2, -0.15) is 0 Å². The third-order valence-electron chi connectivity index (χ3n) is 3.29. The number of non-ortho nitro benzene ring substituents is 1. The predicted molar refractivity (Wildman–Crippen MR) is 91.9 cm³/mol. The van der Waals surface area contributed by atoms with Crippen molar-refractivity contribution in [3.8, 4) is 0 Å². The Hall–Kier alpha value is -1.40. The van der Waals surface area contributed by atoms with E-state index < -0.39 is 9.85 Å². The van der Waals surface area contributed by atoms with Crippen LogP contribution in [0, 0.1) is 20.2 Å². The summed E-state index contributed by atoms with van der Waals surface area (Å²) in [6.45, 7) is 1.39. The molecule has 1 atom stereocenters. The third-order valence-corrected chi connectivity index (χ3v) is 6.12. The Bertz CT molecular complexity index is 597. The molecule has 11 heteroatoms. The summed E-state index contributed by atoms with van der Waals surface area (Å²) in [5, 5.41) is 21.7. The first-order chi connectivity index (χ1) is 11.5. The second-order valence-corrected chi connectivity index (χ2v) is 7.55. The van der Waals surface area contributed by atoms with Crippen LogP contribution in [0.3, 0.4) is 0 Å². The van der Waals surface area contributed by atoms with Crippen LogP contribution in [0.25, 0.3) is 0 Å². The minimum absolute atomic E-state index is 0.187. The van der Waals surface area contributed by atoms with Crippen molar-refractivity contribution in [1.82, 2.24) is 0 Å². The third kappa shape index (κ3) is 5.05. The molecule has 2 rings (SSSR count). The Balaban J connectivity index is 2.00. The highest BCUT2D eigenvalue weighted by Gasteiger charge is 2.25. The van der Waals surface area contributed by atoms with E-state index in [4.69, 9.17) is 15.2 Å². The summed E-state index contributed by atoms with van der Waals surface area (Å²) in [7, 11) is 2.93. The lowest BCUT2D eigenvalue weighted by molar-refractivity contribution is -0.394. The molecule has 0 aromatic heterocycles. The maximum Gasteiger partial charge on any atom is 0.280 e. The fourth-order valence-electron chi connectivity index (χ4n) is 2.14. The molecule has 0 amide bonds. The zero-order chi connectivity index (χ0) is 17.5. The van der Waals surface area contributed by atoms with Crippen LogP contribution in [0.15, 0.2) is 18.2 Å². The van der Waals surface area contributed by atoms with E-state index in [-0.39, 0.29) is 29.5 Å². The lowest BCUT2D eigenvalue weighted by atomic mass is 10.1. The number of hydrogen-bond donors (Lipinski definition) is 1. The van der Waals surface area contributed by atoms with Gasteiger partial charge in [0.25, 0.3) is 11.4 Å². The Labute approximate surface area is 145 Å². The quantitative estimate of drug-likeness (QED) is 0.299. The number of nitrogens with zero attached hydrogens (tertiary/aromatic N) is 2. The van der Waals surface area contributed by atoms with Gasteiger partial charge in [-0.15, -0.1) is 0 Å². The monoisotopic (exact) mass is 375 g/mol. The van der Waals surface area contributed by atoms with Gasteiger partial charge in [-0.1, -0.05) is 21.6 Å². The minimum atomic E-state index is -0.655. The number of benzene rings is 1. The van der Waals surface area contributed by atoms with Gasteiger partial charge in [0.15, 0.2) is 6.29 Å². The van der Waals surface area contributed by atoms with E-state index >= 15 is 0 Å². The second kappa shape index (κ2) is 9.18. The molecule has 1 aromatic carbocycles. The molecule has 0 spiro atoms. The maximum absolute atomic E-state index is 11.2. The van der Waals surface area contributed by atoms with E-state index in [9.17, 15) is 20.2 Å². The molecule has 1 unspecified atom stereocenters. The summed E-state index contributed by atoms with van der Waals surface area (Å²) < 4.78 is 10.7. The average Bonchev–Trinajstić information content (AvgIpc) is 3.08. The fraction of sp³-hybridized carbons (Fsp3) is 0.538. The van der Waals surface area contributed by atoms with E-state index in [1.165, 1.54) is 33.7 Å². The van der Waals surface area contributed by atoms with Gasteiger partial charge in [-0.05, 0) is 6.07 Å². The van der Waals surface area contributed by atoms with Crippen LogP contribution in [-0.4, -0.2) is 41.6 Å². The fourth-order valence-corrected chi connectivity index (χ4v) is 4.69. The molecule has 0 saturated carbocycles. The van der Waals surface area contributed by atoms with Crippen LogP contribution in [0.2, 0.25) is 0 Å². The van der Waals surface area contributed by atoms with Crippen LogP contribution < -0.4 is 5.73 Å². The number of ether oxygens (including phenoxy) is 2. The van der Waals surface area contributed by atoms with Gasteiger partial charge < -0.3 is 15.2 Å². The number of rotatable bonds is 9. The van der Waals surface area contributed by atoms with Crippen LogP contribution in [0.1, 0.15) is 17.2 Å². The van der Waals surface area contributed by atoms with Crippen molar-refractivity contribution in [1.29, 1.82) is 0 Å². The topological polar surface area (TPSA) is 131 Å². The lowest BCUT2D eigenvalue weighted by Crippen LogP contribution is -2.11. The van der Waals surface area contributed by atoms with Gasteiger partial charge in [-0.3, -0.25) is 20.2 Å². The number of nitro groups is 2. The van der Waals surface area contributed by atoms with Gasteiger partial charge in [0.05, 0.1) is 34.4 Å². The smallest absolute Gasteiger partial charge is 0.280 e. The Morgan fingerprint density at radius 2 is 1.96 bits per heavy atom. The van der Waals surface area contributed by atoms with Gasteiger partial charge in [0, 0.05) is 30.3 Å². The standard InChI is InChI=1S/C13H17N3O6S2/c14-8-12(24-23-6-3-13-21-4-5-22-13)10-2-1-9(15(17)18)7-11(10)16(19)20/h1-2,7,12-13H,3-6,8,14H2. The normalized spacial score (nSPS) is 16.2. The molecular weight excluding hydrogens is 358 g/mol. The highest BCUT2D eigenvalue weighted by Crippen LogP contribution is 2.42. The first kappa shape index (κ1) is 18.9. The van der Waals surface area contributed by atoms with Crippen molar-refractivity contribution in [3.05, 3.63) is 44.0 Å².